The van der Waals surface area contributed by atoms with Gasteiger partial charge in [0.25, 0.3) is 0 Å². The van der Waals surface area contributed by atoms with E-state index in [1.165, 1.54) is 6.08 Å². The van der Waals surface area contributed by atoms with E-state index in [0.717, 1.165) is 5.56 Å². The number of rotatable bonds is 7. The van der Waals surface area contributed by atoms with Crippen molar-refractivity contribution in [3.63, 3.8) is 0 Å². The minimum atomic E-state index is -0.176. The average molecular weight is 367 g/mol. The van der Waals surface area contributed by atoms with Crippen molar-refractivity contribution in [2.24, 2.45) is 0 Å². The van der Waals surface area contributed by atoms with Gasteiger partial charge in [-0.05, 0) is 12.5 Å². The van der Waals surface area contributed by atoms with Gasteiger partial charge in [0.2, 0.25) is 11.5 Å². The lowest BCUT2D eigenvalue weighted by molar-refractivity contribution is 0.0978. The van der Waals surface area contributed by atoms with Crippen LogP contribution in [0.15, 0.2) is 48.2 Å². The number of fused-ring (bicyclic) bond motifs is 1. The first-order valence-electron chi connectivity index (χ1n) is 8.52. The molecule has 6 nitrogen and oxygen atoms in total. The normalized spacial score (nSPS) is 12.9. The predicted molar refractivity (Wildman–Crippen MR) is 101 cm³/mol. The number of nitrogens with one attached hydrogen (secondary N) is 1. The molecular weight excluding hydrogens is 346 g/mol. The van der Waals surface area contributed by atoms with E-state index in [4.69, 9.17) is 14.2 Å². The number of benzene rings is 2. The van der Waals surface area contributed by atoms with Gasteiger partial charge in [0.05, 0.1) is 27.0 Å². The van der Waals surface area contributed by atoms with Gasteiger partial charge in [-0.3, -0.25) is 9.59 Å². The van der Waals surface area contributed by atoms with Crippen LogP contribution in [0.25, 0.3) is 0 Å². The van der Waals surface area contributed by atoms with Gasteiger partial charge >= 0.3 is 0 Å². The summed E-state index contributed by atoms with van der Waals surface area (Å²) >= 11 is 0. The summed E-state index contributed by atoms with van der Waals surface area (Å²) < 4.78 is 16.1. The van der Waals surface area contributed by atoms with Gasteiger partial charge in [-0.2, -0.15) is 0 Å². The number of carbonyl (C=O) groups is 2. The summed E-state index contributed by atoms with van der Waals surface area (Å²) in [5.74, 6) is 1.35. The molecule has 0 saturated carbocycles. The van der Waals surface area contributed by atoms with E-state index >= 15 is 0 Å². The minimum absolute atomic E-state index is 0.170. The van der Waals surface area contributed by atoms with Crippen molar-refractivity contribution in [1.82, 2.24) is 5.32 Å². The lowest BCUT2D eigenvalue weighted by atomic mass is 9.92. The second-order valence-corrected chi connectivity index (χ2v) is 5.97. The predicted octanol–water partition coefficient (Wildman–Crippen LogP) is 2.81. The van der Waals surface area contributed by atoms with Crippen molar-refractivity contribution < 1.29 is 23.8 Å². The zero-order valence-electron chi connectivity index (χ0n) is 15.5. The van der Waals surface area contributed by atoms with Crippen LogP contribution in [-0.4, -0.2) is 39.4 Å². The zero-order valence-corrected chi connectivity index (χ0v) is 15.5. The standard InChI is InChI=1S/C21H21NO5/c1-25-18-9-8-13(20(26-2)21(18)27-3)10-11-22-16-12-17(23)14-6-4-5-7-15(14)19(16)24/h4-9,12,22H,10-11H2,1-3H3. The van der Waals surface area contributed by atoms with Gasteiger partial charge < -0.3 is 19.5 Å². The Balaban J connectivity index is 1.74. The summed E-state index contributed by atoms with van der Waals surface area (Å²) in [6, 6.07) is 10.5. The largest absolute Gasteiger partial charge is 0.493 e. The third-order valence-electron chi connectivity index (χ3n) is 4.45. The van der Waals surface area contributed by atoms with E-state index in [9.17, 15) is 9.59 Å². The maximum Gasteiger partial charge on any atom is 0.209 e. The van der Waals surface area contributed by atoms with Crippen LogP contribution in [0.5, 0.6) is 17.2 Å². The first kappa shape index (κ1) is 18.5. The molecule has 2 aromatic carbocycles. The van der Waals surface area contributed by atoms with Crippen molar-refractivity contribution >= 4 is 11.6 Å². The molecule has 1 N–H and O–H groups in total. The zero-order chi connectivity index (χ0) is 19.4. The van der Waals surface area contributed by atoms with Crippen LogP contribution in [0.4, 0.5) is 0 Å². The molecule has 0 fully saturated rings. The SMILES string of the molecule is COc1ccc(CCNC2=CC(=O)c3ccccc3C2=O)c(OC)c1OC. The Hall–Kier alpha value is -3.28. The Bertz CT molecular complexity index is 917. The summed E-state index contributed by atoms with van der Waals surface area (Å²) in [4.78, 5) is 24.8. The Morgan fingerprint density at radius 2 is 1.56 bits per heavy atom. The van der Waals surface area contributed by atoms with Crippen LogP contribution >= 0.6 is 0 Å². The number of allylic oxidation sites excluding steroid dienone is 2. The Morgan fingerprint density at radius 3 is 2.22 bits per heavy atom. The highest BCUT2D eigenvalue weighted by Gasteiger charge is 2.25. The fraction of sp³-hybridized carbons (Fsp3) is 0.238. The molecule has 0 unspecified atom stereocenters. The van der Waals surface area contributed by atoms with E-state index in [1.54, 1.807) is 45.6 Å². The molecule has 6 heteroatoms. The number of ketones is 2. The van der Waals surface area contributed by atoms with Crippen LogP contribution in [0.3, 0.4) is 0 Å². The van der Waals surface area contributed by atoms with Crippen LogP contribution < -0.4 is 19.5 Å². The molecule has 0 spiro atoms. The lowest BCUT2D eigenvalue weighted by Gasteiger charge is -2.18. The lowest BCUT2D eigenvalue weighted by Crippen LogP contribution is -2.28. The second-order valence-electron chi connectivity index (χ2n) is 5.97. The molecule has 27 heavy (non-hydrogen) atoms. The van der Waals surface area contributed by atoms with E-state index in [-0.39, 0.29) is 11.6 Å². The molecule has 140 valence electrons. The van der Waals surface area contributed by atoms with Gasteiger partial charge in [-0.25, -0.2) is 0 Å². The molecular formula is C21H21NO5. The van der Waals surface area contributed by atoms with E-state index < -0.39 is 0 Å². The third-order valence-corrected chi connectivity index (χ3v) is 4.45. The molecule has 0 amide bonds. The van der Waals surface area contributed by atoms with Crippen LogP contribution in [-0.2, 0) is 6.42 Å². The van der Waals surface area contributed by atoms with Gasteiger partial charge in [-0.1, -0.05) is 30.3 Å². The van der Waals surface area contributed by atoms with E-state index in [2.05, 4.69) is 5.32 Å². The molecule has 0 saturated heterocycles. The van der Waals surface area contributed by atoms with E-state index in [0.29, 0.717) is 47.0 Å². The highest BCUT2D eigenvalue weighted by molar-refractivity contribution is 6.24. The molecule has 2 aromatic rings. The first-order chi connectivity index (χ1) is 13.1. The molecule has 3 rings (SSSR count). The highest BCUT2D eigenvalue weighted by Crippen LogP contribution is 2.39. The smallest absolute Gasteiger partial charge is 0.209 e. The molecule has 0 aliphatic heterocycles. The monoisotopic (exact) mass is 367 g/mol. The fourth-order valence-electron chi connectivity index (χ4n) is 3.14. The summed E-state index contributed by atoms with van der Waals surface area (Å²) in [6.07, 6.45) is 1.93. The molecule has 0 atom stereocenters. The Kier molecular flexibility index (Phi) is 5.45. The molecule has 1 aliphatic carbocycles. The number of hydrogen-bond acceptors (Lipinski definition) is 6. The maximum atomic E-state index is 12.6. The van der Waals surface area contributed by atoms with Gasteiger partial charge in [0, 0.05) is 29.3 Å². The average Bonchev–Trinajstić information content (AvgIpc) is 2.70. The summed E-state index contributed by atoms with van der Waals surface area (Å²) in [6.45, 7) is 0.457. The minimum Gasteiger partial charge on any atom is -0.493 e. The van der Waals surface area contributed by atoms with Crippen molar-refractivity contribution in [1.29, 1.82) is 0 Å². The topological polar surface area (TPSA) is 73.9 Å². The molecule has 0 aromatic heterocycles. The Labute approximate surface area is 157 Å². The summed E-state index contributed by atoms with van der Waals surface area (Å²) in [5.41, 5.74) is 2.07. The van der Waals surface area contributed by atoms with Gasteiger partial charge in [0.1, 0.15) is 0 Å². The summed E-state index contributed by atoms with van der Waals surface area (Å²) in [5, 5.41) is 3.07. The number of hydrogen-bond donors (Lipinski definition) is 1. The van der Waals surface area contributed by atoms with Crippen molar-refractivity contribution in [3.05, 3.63) is 64.9 Å². The van der Waals surface area contributed by atoms with Gasteiger partial charge in [0.15, 0.2) is 17.3 Å². The second kappa shape index (κ2) is 7.95. The molecule has 0 radical (unpaired) electrons. The number of ether oxygens (including phenoxy) is 3. The molecule has 0 heterocycles. The number of carbonyl (C=O) groups excluding carboxylic acids is 2. The summed E-state index contributed by atoms with van der Waals surface area (Å²) in [7, 11) is 4.68. The van der Waals surface area contributed by atoms with E-state index in [1.807, 2.05) is 12.1 Å². The molecule has 1 aliphatic rings. The highest BCUT2D eigenvalue weighted by atomic mass is 16.5. The van der Waals surface area contributed by atoms with Crippen molar-refractivity contribution in [2.45, 2.75) is 6.42 Å². The number of methoxy groups -OCH3 is 3. The first-order valence-corrected chi connectivity index (χ1v) is 8.52. The quantitative estimate of drug-likeness (QED) is 0.811. The van der Waals surface area contributed by atoms with Crippen LogP contribution in [0.1, 0.15) is 26.3 Å². The molecule has 0 bridgehead atoms. The van der Waals surface area contributed by atoms with Gasteiger partial charge in [-0.15, -0.1) is 0 Å². The fourth-order valence-corrected chi connectivity index (χ4v) is 3.14. The van der Waals surface area contributed by atoms with Crippen molar-refractivity contribution in [2.75, 3.05) is 27.9 Å². The van der Waals surface area contributed by atoms with Crippen LogP contribution in [0, 0.1) is 0 Å². The van der Waals surface area contributed by atoms with Crippen molar-refractivity contribution in [3.8, 4) is 17.2 Å². The Morgan fingerprint density at radius 1 is 0.852 bits per heavy atom. The maximum absolute atomic E-state index is 12.6. The number of Topliss-reactive ketones (excluding diaryl/α,β-unsaturated/α-hetero) is 1. The van der Waals surface area contributed by atoms with Crippen LogP contribution in [0.2, 0.25) is 0 Å². The third kappa shape index (κ3) is 3.51.